The monoisotopic (exact) mass is 477 g/mol. The van der Waals surface area contributed by atoms with Crippen LogP contribution in [0.3, 0.4) is 0 Å². The first-order valence-corrected chi connectivity index (χ1v) is 12.6. The predicted molar refractivity (Wildman–Crippen MR) is 123 cm³/mol. The Bertz CT molecular complexity index is 1190. The smallest absolute Gasteiger partial charge is 0.244 e. The van der Waals surface area contributed by atoms with Crippen LogP contribution in [0.5, 0.6) is 5.75 Å². The van der Waals surface area contributed by atoms with E-state index in [9.17, 15) is 13.2 Å². The molecule has 3 rings (SSSR count). The molecule has 2 aromatic heterocycles. The Morgan fingerprint density at radius 2 is 1.84 bits per heavy atom. The van der Waals surface area contributed by atoms with Crippen molar-refractivity contribution in [3.05, 3.63) is 48.2 Å². The van der Waals surface area contributed by atoms with E-state index >= 15 is 0 Å². The largest absolute Gasteiger partial charge is 0.496 e. The zero-order valence-corrected chi connectivity index (χ0v) is 20.2. The first kappa shape index (κ1) is 24.0. The lowest BCUT2D eigenvalue weighted by molar-refractivity contribution is -0.127. The summed E-state index contributed by atoms with van der Waals surface area (Å²) in [5, 5.41) is 8.66. The maximum atomic E-state index is 12.8. The summed E-state index contributed by atoms with van der Waals surface area (Å²) in [7, 11) is -0.286. The number of methoxy groups -OCH3 is 1. The Morgan fingerprint density at radius 3 is 2.53 bits per heavy atom. The second-order valence-electron chi connectivity index (χ2n) is 7.02. The Morgan fingerprint density at radius 1 is 1.12 bits per heavy atom. The molecule has 2 heterocycles. The number of carbonyl (C=O) groups excluding carboxylic acids is 1. The van der Waals surface area contributed by atoms with Gasteiger partial charge >= 0.3 is 0 Å². The van der Waals surface area contributed by atoms with Crippen LogP contribution >= 0.6 is 11.8 Å². The molecule has 32 heavy (non-hydrogen) atoms. The Kier molecular flexibility index (Phi) is 7.75. The molecular formula is C21H27N5O4S2. The summed E-state index contributed by atoms with van der Waals surface area (Å²) in [5.41, 5.74) is 1.43. The average molecular weight is 478 g/mol. The molecule has 1 amide bonds. The van der Waals surface area contributed by atoms with Gasteiger partial charge in [0.2, 0.25) is 15.9 Å². The number of ether oxygens (including phenoxy) is 1. The van der Waals surface area contributed by atoms with Crippen molar-refractivity contribution in [3.63, 3.8) is 0 Å². The van der Waals surface area contributed by atoms with E-state index in [1.807, 2.05) is 24.3 Å². The van der Waals surface area contributed by atoms with Gasteiger partial charge in [-0.2, -0.15) is 4.31 Å². The van der Waals surface area contributed by atoms with E-state index in [-0.39, 0.29) is 16.6 Å². The van der Waals surface area contributed by atoms with Crippen LogP contribution in [0, 0.1) is 0 Å². The van der Waals surface area contributed by atoms with Crippen molar-refractivity contribution in [1.82, 2.24) is 23.8 Å². The quantitative estimate of drug-likeness (QED) is 0.414. The number of aromatic nitrogens is 3. The van der Waals surface area contributed by atoms with Crippen LogP contribution in [0.2, 0.25) is 0 Å². The van der Waals surface area contributed by atoms with Crippen LogP contribution in [0.1, 0.15) is 19.4 Å². The zero-order valence-electron chi connectivity index (χ0n) is 18.6. The van der Waals surface area contributed by atoms with Crippen molar-refractivity contribution in [1.29, 1.82) is 0 Å². The number of para-hydroxylation sites is 1. The van der Waals surface area contributed by atoms with Crippen LogP contribution in [0.15, 0.2) is 52.6 Å². The number of benzene rings is 1. The third-order valence-corrected chi connectivity index (χ3v) is 8.00. The van der Waals surface area contributed by atoms with Gasteiger partial charge in [-0.3, -0.25) is 9.20 Å². The molecular weight excluding hydrogens is 450 g/mol. The summed E-state index contributed by atoms with van der Waals surface area (Å²) >= 11 is 1.21. The number of fused-ring (bicyclic) bond motifs is 1. The Labute approximate surface area is 192 Å². The molecule has 0 atom stereocenters. The second kappa shape index (κ2) is 10.3. The molecule has 0 radical (unpaired) electrons. The van der Waals surface area contributed by atoms with Crippen molar-refractivity contribution in [2.45, 2.75) is 30.4 Å². The van der Waals surface area contributed by atoms with Crippen molar-refractivity contribution in [2.24, 2.45) is 0 Å². The van der Waals surface area contributed by atoms with E-state index < -0.39 is 10.0 Å². The lowest BCUT2D eigenvalue weighted by Crippen LogP contribution is -2.30. The van der Waals surface area contributed by atoms with Gasteiger partial charge in [-0.15, -0.1) is 10.2 Å². The molecule has 0 spiro atoms. The topological polar surface area (TPSA) is 97.1 Å². The third-order valence-electron chi connectivity index (χ3n) is 5.04. The highest BCUT2D eigenvalue weighted by Crippen LogP contribution is 2.23. The molecule has 11 heteroatoms. The standard InChI is InChI=1S/C21H27N5O4S2/c1-5-25(6-2)32(28,29)17-11-12-19-22-23-21(26(19)14-17)31-15-20(27)24(3)13-16-9-7-8-10-18(16)30-4/h7-12,14H,5-6,13,15H2,1-4H3. The second-order valence-corrected chi connectivity index (χ2v) is 9.90. The molecule has 0 aliphatic rings. The first-order chi connectivity index (χ1) is 15.3. The number of hydrogen-bond donors (Lipinski definition) is 0. The number of nitrogens with zero attached hydrogens (tertiary/aromatic N) is 5. The minimum absolute atomic E-state index is 0.0930. The molecule has 0 bridgehead atoms. The molecule has 0 unspecified atom stereocenters. The summed E-state index contributed by atoms with van der Waals surface area (Å²) < 4.78 is 34.0. The van der Waals surface area contributed by atoms with Crippen molar-refractivity contribution in [3.8, 4) is 5.75 Å². The van der Waals surface area contributed by atoms with Crippen molar-refractivity contribution < 1.29 is 17.9 Å². The highest BCUT2D eigenvalue weighted by molar-refractivity contribution is 7.99. The highest BCUT2D eigenvalue weighted by atomic mass is 32.2. The van der Waals surface area contributed by atoms with Gasteiger partial charge in [0, 0.05) is 38.4 Å². The molecule has 0 saturated heterocycles. The zero-order chi connectivity index (χ0) is 23.3. The minimum atomic E-state index is -3.61. The molecule has 0 aliphatic heterocycles. The van der Waals surface area contributed by atoms with Gasteiger partial charge in [-0.25, -0.2) is 8.42 Å². The fourth-order valence-electron chi connectivity index (χ4n) is 3.23. The average Bonchev–Trinajstić information content (AvgIpc) is 3.20. The maximum absolute atomic E-state index is 12.8. The molecule has 0 fully saturated rings. The number of amides is 1. The maximum Gasteiger partial charge on any atom is 0.244 e. The molecule has 172 valence electrons. The number of pyridine rings is 1. The molecule has 0 saturated carbocycles. The summed E-state index contributed by atoms with van der Waals surface area (Å²) in [4.78, 5) is 14.5. The number of sulfonamides is 1. The summed E-state index contributed by atoms with van der Waals surface area (Å²) in [5.74, 6) is 0.772. The normalized spacial score (nSPS) is 11.8. The Balaban J connectivity index is 1.74. The number of hydrogen-bond acceptors (Lipinski definition) is 7. The van der Waals surface area contributed by atoms with Crippen molar-refractivity contribution >= 4 is 33.3 Å². The van der Waals surface area contributed by atoms with Gasteiger partial charge in [0.25, 0.3) is 0 Å². The fourth-order valence-corrected chi connectivity index (χ4v) is 5.54. The van der Waals surface area contributed by atoms with Gasteiger partial charge in [0.15, 0.2) is 10.8 Å². The number of rotatable bonds is 10. The highest BCUT2D eigenvalue weighted by Gasteiger charge is 2.23. The molecule has 1 aromatic carbocycles. The van der Waals surface area contributed by atoms with Gasteiger partial charge in [-0.05, 0) is 18.2 Å². The molecule has 0 N–H and O–H groups in total. The lowest BCUT2D eigenvalue weighted by Gasteiger charge is -2.19. The van der Waals surface area contributed by atoms with Gasteiger partial charge in [0.05, 0.1) is 17.8 Å². The van der Waals surface area contributed by atoms with E-state index in [4.69, 9.17) is 4.74 Å². The summed E-state index contributed by atoms with van der Waals surface area (Å²) in [6, 6.07) is 10.7. The molecule has 3 aromatic rings. The fraction of sp³-hybridized carbons (Fsp3) is 0.381. The van der Waals surface area contributed by atoms with Crippen LogP contribution in [0.25, 0.3) is 5.65 Å². The minimum Gasteiger partial charge on any atom is -0.496 e. The van der Waals surface area contributed by atoms with E-state index in [0.29, 0.717) is 30.4 Å². The molecule has 9 nitrogen and oxygen atoms in total. The summed E-state index contributed by atoms with van der Waals surface area (Å²) in [6.07, 6.45) is 1.51. The van der Waals surface area contributed by atoms with Crippen LogP contribution < -0.4 is 4.74 Å². The SMILES string of the molecule is CCN(CC)S(=O)(=O)c1ccc2nnc(SCC(=O)N(C)Cc3ccccc3OC)n2c1. The lowest BCUT2D eigenvalue weighted by atomic mass is 10.2. The number of carbonyl (C=O) groups is 1. The summed E-state index contributed by atoms with van der Waals surface area (Å²) in [6.45, 7) is 4.77. The van der Waals surface area contributed by atoms with E-state index in [2.05, 4.69) is 10.2 Å². The Hall–Kier alpha value is -2.63. The van der Waals surface area contributed by atoms with Crippen LogP contribution in [-0.4, -0.2) is 71.1 Å². The van der Waals surface area contributed by atoms with E-state index in [0.717, 1.165) is 11.3 Å². The van der Waals surface area contributed by atoms with Gasteiger partial charge in [0.1, 0.15) is 5.75 Å². The van der Waals surface area contributed by atoms with Crippen LogP contribution in [-0.2, 0) is 21.4 Å². The predicted octanol–water partition coefficient (Wildman–Crippen LogP) is 2.52. The van der Waals surface area contributed by atoms with E-state index in [1.165, 1.54) is 28.3 Å². The van der Waals surface area contributed by atoms with E-state index in [1.54, 1.807) is 43.4 Å². The third kappa shape index (κ3) is 5.05. The van der Waals surface area contributed by atoms with Gasteiger partial charge in [-0.1, -0.05) is 43.8 Å². The first-order valence-electron chi connectivity index (χ1n) is 10.1. The number of thioether (sulfide) groups is 1. The van der Waals surface area contributed by atoms with Crippen molar-refractivity contribution in [2.75, 3.05) is 33.0 Å². The van der Waals surface area contributed by atoms with Gasteiger partial charge < -0.3 is 9.64 Å². The van der Waals surface area contributed by atoms with Crippen LogP contribution in [0.4, 0.5) is 0 Å². The molecule has 0 aliphatic carbocycles.